The first-order chi connectivity index (χ1) is 9.99. The number of nitrogens with two attached hydrogens (primary N) is 2. The molecule has 0 fully saturated rings. The van der Waals surface area contributed by atoms with Crippen molar-refractivity contribution in [1.29, 1.82) is 0 Å². The van der Waals surface area contributed by atoms with E-state index in [1.807, 2.05) is 0 Å². The van der Waals surface area contributed by atoms with Crippen LogP contribution in [0.3, 0.4) is 0 Å². The molecule has 2 atom stereocenters. The van der Waals surface area contributed by atoms with Crippen molar-refractivity contribution < 1.29 is 13.9 Å². The highest BCUT2D eigenvalue weighted by Crippen LogP contribution is 2.44. The number of halogens is 2. The lowest BCUT2D eigenvalue weighted by molar-refractivity contribution is 0.0784. The van der Waals surface area contributed by atoms with Gasteiger partial charge in [0, 0.05) is 13.3 Å². The molecule has 1 aromatic carbocycles. The Bertz CT molecular complexity index is 701. The van der Waals surface area contributed by atoms with Gasteiger partial charge in [-0.2, -0.15) is 0 Å². The third-order valence-electron chi connectivity index (χ3n) is 3.59. The minimum atomic E-state index is -1.11. The monoisotopic (exact) mass is 309 g/mol. The number of hydrogen-bond donors (Lipinski definition) is 2. The van der Waals surface area contributed by atoms with Crippen LogP contribution in [0.2, 0.25) is 5.02 Å². The summed E-state index contributed by atoms with van der Waals surface area (Å²) in [5, 5.41) is -0.0178. The summed E-state index contributed by atoms with van der Waals surface area (Å²) in [5.74, 6) is -0.0821. The van der Waals surface area contributed by atoms with Crippen molar-refractivity contribution in [2.75, 3.05) is 7.11 Å². The SMILES string of the molecule is COC1(c2ccc(F)c(Cl)c2)C=NC=C2OC(N)C(N)=C21. The van der Waals surface area contributed by atoms with E-state index in [1.165, 1.54) is 25.4 Å². The fourth-order valence-corrected chi connectivity index (χ4v) is 2.71. The first-order valence-electron chi connectivity index (χ1n) is 6.17. The molecular formula is C14H13ClFN3O2. The Morgan fingerprint density at radius 1 is 1.48 bits per heavy atom. The maximum Gasteiger partial charge on any atom is 0.188 e. The van der Waals surface area contributed by atoms with Gasteiger partial charge < -0.3 is 15.2 Å². The topological polar surface area (TPSA) is 82.9 Å². The summed E-state index contributed by atoms with van der Waals surface area (Å²) in [6.45, 7) is 0. The Morgan fingerprint density at radius 2 is 2.24 bits per heavy atom. The van der Waals surface area contributed by atoms with E-state index in [0.29, 0.717) is 22.6 Å². The molecule has 21 heavy (non-hydrogen) atoms. The van der Waals surface area contributed by atoms with E-state index < -0.39 is 17.6 Å². The minimum absolute atomic E-state index is 0.0178. The van der Waals surface area contributed by atoms with Crippen LogP contribution in [-0.2, 0) is 15.1 Å². The van der Waals surface area contributed by atoms with E-state index in [-0.39, 0.29) is 5.02 Å². The van der Waals surface area contributed by atoms with Crippen LogP contribution < -0.4 is 11.5 Å². The first-order valence-corrected chi connectivity index (χ1v) is 6.55. The quantitative estimate of drug-likeness (QED) is 0.872. The molecule has 2 aliphatic rings. The molecule has 1 aromatic rings. The maximum atomic E-state index is 13.4. The Morgan fingerprint density at radius 3 is 2.90 bits per heavy atom. The van der Waals surface area contributed by atoms with E-state index >= 15 is 0 Å². The van der Waals surface area contributed by atoms with Crippen molar-refractivity contribution in [3.63, 3.8) is 0 Å². The van der Waals surface area contributed by atoms with Gasteiger partial charge in [0.15, 0.2) is 11.8 Å². The van der Waals surface area contributed by atoms with Gasteiger partial charge in [0.2, 0.25) is 0 Å². The minimum Gasteiger partial charge on any atom is -0.468 e. The molecule has 0 saturated carbocycles. The molecule has 4 N–H and O–H groups in total. The smallest absolute Gasteiger partial charge is 0.188 e. The van der Waals surface area contributed by atoms with Crippen molar-refractivity contribution in [2.45, 2.75) is 11.8 Å². The van der Waals surface area contributed by atoms with Crippen LogP contribution >= 0.6 is 11.6 Å². The largest absolute Gasteiger partial charge is 0.468 e. The number of fused-ring (bicyclic) bond motifs is 1. The van der Waals surface area contributed by atoms with Gasteiger partial charge in [-0.1, -0.05) is 17.7 Å². The van der Waals surface area contributed by atoms with Crippen molar-refractivity contribution >= 4 is 17.8 Å². The number of hydrogen-bond acceptors (Lipinski definition) is 5. The predicted molar refractivity (Wildman–Crippen MR) is 76.9 cm³/mol. The van der Waals surface area contributed by atoms with Crippen LogP contribution in [0, 0.1) is 5.82 Å². The van der Waals surface area contributed by atoms with Crippen LogP contribution in [0.4, 0.5) is 4.39 Å². The third-order valence-corrected chi connectivity index (χ3v) is 3.88. The number of benzene rings is 1. The number of nitrogens with zero attached hydrogens (tertiary/aromatic N) is 1. The Kier molecular flexibility index (Phi) is 3.24. The van der Waals surface area contributed by atoms with Gasteiger partial charge in [0.25, 0.3) is 0 Å². The van der Waals surface area contributed by atoms with Crippen LogP contribution in [0.25, 0.3) is 0 Å². The highest BCUT2D eigenvalue weighted by Gasteiger charge is 2.46. The summed E-state index contributed by atoms with van der Waals surface area (Å²) in [6, 6.07) is 4.29. The molecule has 2 unspecified atom stereocenters. The van der Waals surface area contributed by atoms with Crippen LogP contribution in [0.1, 0.15) is 5.56 Å². The molecule has 0 bridgehead atoms. The van der Waals surface area contributed by atoms with E-state index in [1.54, 1.807) is 12.3 Å². The predicted octanol–water partition coefficient (Wildman–Crippen LogP) is 1.77. The molecule has 0 spiro atoms. The highest BCUT2D eigenvalue weighted by atomic mass is 35.5. The van der Waals surface area contributed by atoms with Crippen LogP contribution in [-0.4, -0.2) is 19.6 Å². The average Bonchev–Trinajstić information content (AvgIpc) is 2.77. The lowest BCUT2D eigenvalue weighted by Crippen LogP contribution is -2.36. The van der Waals surface area contributed by atoms with E-state index in [9.17, 15) is 4.39 Å². The second-order valence-corrected chi connectivity index (χ2v) is 5.12. The summed E-state index contributed by atoms with van der Waals surface area (Å²) >= 11 is 5.87. The second kappa shape index (κ2) is 4.84. The Labute approximate surface area is 125 Å². The summed E-state index contributed by atoms with van der Waals surface area (Å²) in [4.78, 5) is 4.12. The van der Waals surface area contributed by atoms with Crippen molar-refractivity contribution in [3.8, 4) is 0 Å². The van der Waals surface area contributed by atoms with Gasteiger partial charge in [-0.15, -0.1) is 0 Å². The molecule has 0 radical (unpaired) electrons. The molecule has 110 valence electrons. The maximum absolute atomic E-state index is 13.4. The van der Waals surface area contributed by atoms with Crippen molar-refractivity contribution in [1.82, 2.24) is 0 Å². The van der Waals surface area contributed by atoms with Gasteiger partial charge in [0.1, 0.15) is 11.6 Å². The summed E-state index contributed by atoms with van der Waals surface area (Å²) < 4.78 is 24.5. The summed E-state index contributed by atoms with van der Waals surface area (Å²) in [7, 11) is 1.50. The molecule has 3 rings (SSSR count). The summed E-state index contributed by atoms with van der Waals surface area (Å²) in [6.07, 6.45) is 2.31. The molecule has 0 aliphatic carbocycles. The fourth-order valence-electron chi connectivity index (χ4n) is 2.53. The molecule has 0 aromatic heterocycles. The molecule has 0 amide bonds. The molecular weight excluding hydrogens is 297 g/mol. The zero-order valence-corrected chi connectivity index (χ0v) is 11.9. The molecule has 2 aliphatic heterocycles. The Hall–Kier alpha value is -1.89. The molecule has 0 saturated heterocycles. The van der Waals surface area contributed by atoms with Gasteiger partial charge in [-0.25, -0.2) is 4.39 Å². The van der Waals surface area contributed by atoms with Gasteiger partial charge in [0.05, 0.1) is 22.5 Å². The normalized spacial score (nSPS) is 27.4. The molecule has 7 heteroatoms. The standard InChI is InChI=1S/C14H13ClFN3O2/c1-20-14(7-2-3-9(16)8(15)4-7)6-19-5-10-11(14)12(17)13(18)21-10/h2-6,13H,17-18H2,1H3. The Balaban J connectivity index is 2.22. The lowest BCUT2D eigenvalue weighted by Gasteiger charge is -2.32. The fraction of sp³-hybridized carbons (Fsp3) is 0.214. The summed E-state index contributed by atoms with van der Waals surface area (Å²) in [5.41, 5.74) is 12.2. The molecule has 2 heterocycles. The van der Waals surface area contributed by atoms with E-state index in [4.69, 9.17) is 32.5 Å². The zero-order valence-electron chi connectivity index (χ0n) is 11.1. The van der Waals surface area contributed by atoms with Gasteiger partial charge >= 0.3 is 0 Å². The zero-order chi connectivity index (χ0) is 15.2. The second-order valence-electron chi connectivity index (χ2n) is 4.71. The van der Waals surface area contributed by atoms with Crippen LogP contribution in [0.15, 0.2) is 46.4 Å². The number of rotatable bonds is 2. The van der Waals surface area contributed by atoms with Crippen LogP contribution in [0.5, 0.6) is 0 Å². The average molecular weight is 310 g/mol. The molecule has 5 nitrogen and oxygen atoms in total. The first kappa shape index (κ1) is 14.1. The van der Waals surface area contributed by atoms with Crippen molar-refractivity contribution in [3.05, 3.63) is 57.8 Å². The third kappa shape index (κ3) is 1.95. The number of ether oxygens (including phenoxy) is 2. The van der Waals surface area contributed by atoms with Gasteiger partial charge in [-0.3, -0.25) is 10.7 Å². The number of aliphatic imine (C=N–C) groups is 1. The van der Waals surface area contributed by atoms with Gasteiger partial charge in [-0.05, 0) is 17.7 Å². The highest BCUT2D eigenvalue weighted by molar-refractivity contribution is 6.30. The lowest BCUT2D eigenvalue weighted by atomic mass is 9.84. The number of methoxy groups -OCH3 is 1. The van der Waals surface area contributed by atoms with E-state index in [2.05, 4.69) is 4.99 Å². The van der Waals surface area contributed by atoms with E-state index in [0.717, 1.165) is 0 Å². The van der Waals surface area contributed by atoms with Crippen molar-refractivity contribution in [2.24, 2.45) is 16.5 Å².